The molecule has 0 aromatic heterocycles. The smallest absolute Gasteiger partial charge is 0.307 e. The monoisotopic (exact) mass is 382 g/mol. The fraction of sp³-hybridized carbons (Fsp3) is 0.107. The first-order valence-electron chi connectivity index (χ1n) is 10.5. The lowest BCUT2D eigenvalue weighted by Gasteiger charge is -2.36. The van der Waals surface area contributed by atoms with E-state index >= 15 is 0 Å². The van der Waals surface area contributed by atoms with Gasteiger partial charge in [0.2, 0.25) is 0 Å². The van der Waals surface area contributed by atoms with Crippen molar-refractivity contribution in [1.29, 1.82) is 0 Å². The van der Waals surface area contributed by atoms with Crippen molar-refractivity contribution in [2.24, 2.45) is 0 Å². The molecule has 4 aromatic rings. The van der Waals surface area contributed by atoms with Gasteiger partial charge >= 0.3 is 5.71 Å². The van der Waals surface area contributed by atoms with E-state index in [1.807, 2.05) is 0 Å². The molecule has 0 amide bonds. The summed E-state index contributed by atoms with van der Waals surface area (Å²) >= 11 is 0. The van der Waals surface area contributed by atoms with Crippen molar-refractivity contribution in [2.75, 3.05) is 0 Å². The van der Waals surface area contributed by atoms with Crippen LogP contribution in [0.4, 0.5) is 0 Å². The molecular weight excluding hydrogens is 364 g/mol. The summed E-state index contributed by atoms with van der Waals surface area (Å²) in [4.78, 5) is 3.90. The van der Waals surface area contributed by atoms with Crippen LogP contribution in [0.15, 0.2) is 84.5 Å². The Balaban J connectivity index is 1.80. The average Bonchev–Trinajstić information content (AvgIpc) is 2.81. The van der Waals surface area contributed by atoms with E-state index in [0.717, 1.165) is 17.7 Å². The Bertz CT molecular complexity index is 1570. The van der Waals surface area contributed by atoms with Gasteiger partial charge in [-0.1, -0.05) is 78.9 Å². The maximum Gasteiger partial charge on any atom is 0.307 e. The maximum absolute atomic E-state index is 10.2. The van der Waals surface area contributed by atoms with E-state index in [1.54, 1.807) is 0 Å². The summed E-state index contributed by atoms with van der Waals surface area (Å²) in [6, 6.07) is 21.8. The Morgan fingerprint density at radius 1 is 0.867 bits per heavy atom. The van der Waals surface area contributed by atoms with Crippen LogP contribution in [-0.4, -0.2) is 10.5 Å². The normalized spacial score (nSPS) is 20.8. The summed E-state index contributed by atoms with van der Waals surface area (Å²) < 4.78 is 0. The van der Waals surface area contributed by atoms with Crippen molar-refractivity contribution in [3.63, 3.8) is 0 Å². The largest absolute Gasteiger partial charge is 0.361 e. The topological polar surface area (TPSA) is 36.4 Å². The molecule has 0 bridgehead atoms. The molecule has 2 atom stereocenters. The van der Waals surface area contributed by atoms with Crippen LogP contribution in [0.25, 0.3) is 33.2 Å². The molecule has 0 radical (unpaired) electrons. The van der Waals surface area contributed by atoms with Crippen molar-refractivity contribution < 1.29 is 4.79 Å². The Morgan fingerprint density at radius 2 is 1.70 bits per heavy atom. The molecule has 2 heteroatoms. The molecule has 0 spiro atoms. The molecule has 7 rings (SSSR count). The molecule has 0 aliphatic heterocycles. The lowest BCUT2D eigenvalue weighted by atomic mass is 9.63. The second-order valence-electron chi connectivity index (χ2n) is 8.48. The molecule has 0 saturated heterocycles. The van der Waals surface area contributed by atoms with Gasteiger partial charge in [0.25, 0.3) is 0 Å². The van der Waals surface area contributed by atoms with E-state index in [4.69, 9.17) is 0 Å². The zero-order valence-electron chi connectivity index (χ0n) is 16.3. The van der Waals surface area contributed by atoms with Crippen molar-refractivity contribution in [2.45, 2.75) is 18.3 Å². The van der Waals surface area contributed by atoms with Gasteiger partial charge in [0.1, 0.15) is 5.92 Å². The number of benzene rings is 4. The third-order valence-corrected chi connectivity index (χ3v) is 7.15. The number of fused-ring (bicyclic) bond motifs is 6. The quantitative estimate of drug-likeness (QED) is 0.279. The highest BCUT2D eigenvalue weighted by Gasteiger charge is 2.45. The van der Waals surface area contributed by atoms with E-state index in [9.17, 15) is 5.53 Å². The summed E-state index contributed by atoms with van der Waals surface area (Å²) in [5.74, 6) is 0.179. The van der Waals surface area contributed by atoms with Crippen LogP contribution in [0, 0.1) is 0 Å². The minimum absolute atomic E-state index is 0.0428. The minimum Gasteiger partial charge on any atom is -0.361 e. The van der Waals surface area contributed by atoms with Gasteiger partial charge in [0.15, 0.2) is 0 Å². The number of hydrogen-bond donors (Lipinski definition) is 0. The lowest BCUT2D eigenvalue weighted by Crippen LogP contribution is -2.36. The molecule has 0 fully saturated rings. The van der Waals surface area contributed by atoms with Crippen LogP contribution in [0.1, 0.15) is 40.5 Å². The van der Waals surface area contributed by atoms with Gasteiger partial charge in [-0.2, -0.15) is 4.79 Å². The van der Waals surface area contributed by atoms with Gasteiger partial charge < -0.3 is 5.53 Å². The van der Waals surface area contributed by atoms with Crippen LogP contribution in [0.3, 0.4) is 0 Å². The number of rotatable bonds is 0. The Labute approximate surface area is 174 Å². The highest BCUT2D eigenvalue weighted by molar-refractivity contribution is 6.17. The molecule has 30 heavy (non-hydrogen) atoms. The van der Waals surface area contributed by atoms with Crippen LogP contribution >= 0.6 is 0 Å². The standard InChI is InChI=1S/C28H18N2/c29-30-28-21-12-4-3-11-19(21)25-22-14-6-9-16-8-5-13-20(24(16)22)23-15-17-7-1-2-10-18(17)27(28)26(23)25/h1-10,12-15,19,27H,11H2. The van der Waals surface area contributed by atoms with Gasteiger partial charge in [-0.05, 0) is 61.5 Å². The predicted molar refractivity (Wildman–Crippen MR) is 122 cm³/mol. The molecule has 2 nitrogen and oxygen atoms in total. The maximum atomic E-state index is 10.2. The molecule has 3 aliphatic rings. The second kappa shape index (κ2) is 5.66. The molecule has 2 unspecified atom stereocenters. The van der Waals surface area contributed by atoms with Crippen LogP contribution < -0.4 is 5.22 Å². The van der Waals surface area contributed by atoms with E-state index in [1.165, 1.54) is 49.0 Å². The Kier molecular flexibility index (Phi) is 3.04. The first kappa shape index (κ1) is 16.1. The van der Waals surface area contributed by atoms with E-state index in [0.29, 0.717) is 0 Å². The van der Waals surface area contributed by atoms with Crippen LogP contribution in [-0.2, 0) is 0 Å². The molecule has 140 valence electrons. The molecule has 4 aromatic carbocycles. The Hall–Kier alpha value is -3.74. The van der Waals surface area contributed by atoms with Crippen molar-refractivity contribution in [3.8, 4) is 0 Å². The predicted octanol–water partition coefficient (Wildman–Crippen LogP) is 5.64. The molecule has 0 saturated carbocycles. The number of allylic oxidation sites excluding steroid dienone is 4. The molecule has 3 aliphatic carbocycles. The zero-order chi connectivity index (χ0) is 19.8. The first-order valence-corrected chi connectivity index (χ1v) is 10.5. The summed E-state index contributed by atoms with van der Waals surface area (Å²) in [6.45, 7) is 0. The molecular formula is C28H18N2. The second-order valence-corrected chi connectivity index (χ2v) is 8.48. The lowest BCUT2D eigenvalue weighted by molar-refractivity contribution is -0.00895. The third-order valence-electron chi connectivity index (χ3n) is 7.15. The van der Waals surface area contributed by atoms with Gasteiger partial charge in [0.05, 0.1) is 0 Å². The fourth-order valence-electron chi connectivity index (χ4n) is 6.02. The van der Waals surface area contributed by atoms with Gasteiger partial charge in [0, 0.05) is 11.5 Å². The van der Waals surface area contributed by atoms with Crippen LogP contribution in [0.5, 0.6) is 0 Å². The van der Waals surface area contributed by atoms with E-state index in [2.05, 4.69) is 89.8 Å². The van der Waals surface area contributed by atoms with Crippen LogP contribution in [0.2, 0.25) is 0 Å². The summed E-state index contributed by atoms with van der Waals surface area (Å²) in [6.07, 6.45) is 9.76. The highest BCUT2D eigenvalue weighted by atomic mass is 14.9. The van der Waals surface area contributed by atoms with E-state index in [-0.39, 0.29) is 11.8 Å². The van der Waals surface area contributed by atoms with Gasteiger partial charge in [-0.3, -0.25) is 0 Å². The van der Waals surface area contributed by atoms with Crippen molar-refractivity contribution in [1.82, 2.24) is 0 Å². The highest BCUT2D eigenvalue weighted by Crippen LogP contribution is 2.50. The number of nitrogens with zero attached hydrogens (tertiary/aromatic N) is 2. The Morgan fingerprint density at radius 3 is 2.57 bits per heavy atom. The van der Waals surface area contributed by atoms with Gasteiger partial charge in [-0.15, -0.1) is 0 Å². The summed E-state index contributed by atoms with van der Waals surface area (Å²) in [5, 5.41) is 6.54. The SMILES string of the molecule is [N-]=[N+]=C1C2=CC=CCC2c2c3c(c4cccc5cccc2c54)=Cc2ccccc2C13. The van der Waals surface area contributed by atoms with Crippen molar-refractivity contribution >= 4 is 33.3 Å². The fourth-order valence-corrected chi connectivity index (χ4v) is 6.02. The minimum atomic E-state index is -0.0428. The average molecular weight is 382 g/mol. The zero-order valence-corrected chi connectivity index (χ0v) is 16.3. The molecule has 0 heterocycles. The van der Waals surface area contributed by atoms with Crippen molar-refractivity contribution in [3.05, 3.63) is 117 Å². The summed E-state index contributed by atoms with van der Waals surface area (Å²) in [5.41, 5.74) is 17.3. The number of hydrogen-bond acceptors (Lipinski definition) is 0. The third kappa shape index (κ3) is 1.85. The molecule has 0 N–H and O–H groups in total. The van der Waals surface area contributed by atoms with E-state index < -0.39 is 0 Å². The summed E-state index contributed by atoms with van der Waals surface area (Å²) in [7, 11) is 0. The first-order chi connectivity index (χ1) is 14.9. The van der Waals surface area contributed by atoms with Gasteiger partial charge in [-0.25, -0.2) is 0 Å².